The van der Waals surface area contributed by atoms with E-state index < -0.39 is 11.7 Å². The summed E-state index contributed by atoms with van der Waals surface area (Å²) >= 11 is 0. The van der Waals surface area contributed by atoms with Crippen LogP contribution in [0.1, 0.15) is 10.4 Å². The molecule has 86 valence electrons. The van der Waals surface area contributed by atoms with Gasteiger partial charge in [0.2, 0.25) is 0 Å². The van der Waals surface area contributed by atoms with E-state index in [1.54, 1.807) is 6.07 Å². The van der Waals surface area contributed by atoms with E-state index in [1.165, 1.54) is 30.5 Å². The first kappa shape index (κ1) is 11.1. The Hall–Kier alpha value is -2.43. The van der Waals surface area contributed by atoms with Crippen molar-refractivity contribution < 1.29 is 14.3 Å². The van der Waals surface area contributed by atoms with Crippen LogP contribution in [-0.2, 0) is 0 Å². The maximum Gasteiger partial charge on any atom is 0.259 e. The molecular formula is C12H9FN2O2. The number of anilines is 1. The standard InChI is InChI=1S/C12H9FN2O2/c13-9-3-1-2-4-10(9)15-12(17)8-5-6-14-7-11(8)16/h1-7,16H,(H,15,17). The third-order valence-electron chi connectivity index (χ3n) is 2.17. The SMILES string of the molecule is O=C(Nc1ccccc1F)c1ccncc1O. The van der Waals surface area contributed by atoms with E-state index in [4.69, 9.17) is 0 Å². The highest BCUT2D eigenvalue weighted by atomic mass is 19.1. The van der Waals surface area contributed by atoms with Crippen LogP contribution in [-0.4, -0.2) is 16.0 Å². The van der Waals surface area contributed by atoms with Crippen molar-refractivity contribution >= 4 is 11.6 Å². The maximum atomic E-state index is 13.3. The molecule has 0 unspecified atom stereocenters. The molecule has 0 atom stereocenters. The summed E-state index contributed by atoms with van der Waals surface area (Å²) in [6.45, 7) is 0. The molecule has 1 aromatic heterocycles. The van der Waals surface area contributed by atoms with Gasteiger partial charge in [-0.25, -0.2) is 4.39 Å². The lowest BCUT2D eigenvalue weighted by molar-refractivity contribution is 0.102. The quantitative estimate of drug-likeness (QED) is 0.834. The van der Waals surface area contributed by atoms with Crippen LogP contribution in [0.15, 0.2) is 42.7 Å². The molecule has 5 heteroatoms. The van der Waals surface area contributed by atoms with Gasteiger partial charge < -0.3 is 10.4 Å². The van der Waals surface area contributed by atoms with Crippen molar-refractivity contribution in [1.82, 2.24) is 4.98 Å². The Morgan fingerprint density at radius 3 is 2.76 bits per heavy atom. The second kappa shape index (κ2) is 4.61. The average molecular weight is 232 g/mol. The minimum atomic E-state index is -0.588. The van der Waals surface area contributed by atoms with Gasteiger partial charge in [0.1, 0.15) is 11.6 Å². The highest BCUT2D eigenvalue weighted by Crippen LogP contribution is 2.18. The van der Waals surface area contributed by atoms with Crippen LogP contribution in [0.4, 0.5) is 10.1 Å². The largest absolute Gasteiger partial charge is 0.505 e. The van der Waals surface area contributed by atoms with E-state index >= 15 is 0 Å². The molecule has 1 heterocycles. The number of benzene rings is 1. The number of halogens is 1. The van der Waals surface area contributed by atoms with Gasteiger partial charge in [-0.15, -0.1) is 0 Å². The molecule has 4 nitrogen and oxygen atoms in total. The number of para-hydroxylation sites is 1. The molecule has 0 aliphatic rings. The first-order chi connectivity index (χ1) is 8.18. The first-order valence-corrected chi connectivity index (χ1v) is 4.87. The monoisotopic (exact) mass is 232 g/mol. The fourth-order valence-corrected chi connectivity index (χ4v) is 1.33. The van der Waals surface area contributed by atoms with Gasteiger partial charge in [-0.2, -0.15) is 0 Å². The molecule has 2 rings (SSSR count). The predicted octanol–water partition coefficient (Wildman–Crippen LogP) is 2.18. The Bertz CT molecular complexity index is 558. The van der Waals surface area contributed by atoms with Crippen LogP contribution in [0.2, 0.25) is 0 Å². The minimum absolute atomic E-state index is 0.0447. The number of nitrogens with one attached hydrogen (secondary N) is 1. The molecule has 0 aliphatic carbocycles. The topological polar surface area (TPSA) is 62.2 Å². The molecule has 0 spiro atoms. The molecule has 0 bridgehead atoms. The number of rotatable bonds is 2. The molecule has 1 amide bonds. The Kier molecular flexibility index (Phi) is 3.00. The van der Waals surface area contributed by atoms with Crippen molar-refractivity contribution in [2.45, 2.75) is 0 Å². The average Bonchev–Trinajstić information content (AvgIpc) is 2.32. The molecule has 0 saturated heterocycles. The smallest absolute Gasteiger partial charge is 0.259 e. The Morgan fingerprint density at radius 1 is 1.29 bits per heavy atom. The van der Waals surface area contributed by atoms with Gasteiger partial charge in [0.15, 0.2) is 0 Å². The Morgan fingerprint density at radius 2 is 2.06 bits per heavy atom. The third-order valence-corrected chi connectivity index (χ3v) is 2.17. The summed E-state index contributed by atoms with van der Waals surface area (Å²) in [5.74, 6) is -1.37. The minimum Gasteiger partial charge on any atom is -0.505 e. The van der Waals surface area contributed by atoms with Crippen molar-refractivity contribution in [2.75, 3.05) is 5.32 Å². The van der Waals surface area contributed by atoms with Crippen molar-refractivity contribution in [3.05, 3.63) is 54.1 Å². The van der Waals surface area contributed by atoms with Gasteiger partial charge in [0, 0.05) is 6.20 Å². The van der Waals surface area contributed by atoms with Gasteiger partial charge in [0.05, 0.1) is 17.4 Å². The normalized spacial score (nSPS) is 9.94. The van der Waals surface area contributed by atoms with Gasteiger partial charge in [0.25, 0.3) is 5.91 Å². The third kappa shape index (κ3) is 2.39. The highest BCUT2D eigenvalue weighted by molar-refractivity contribution is 6.06. The van der Waals surface area contributed by atoms with E-state index in [9.17, 15) is 14.3 Å². The lowest BCUT2D eigenvalue weighted by atomic mass is 10.2. The van der Waals surface area contributed by atoms with Crippen molar-refractivity contribution in [2.24, 2.45) is 0 Å². The number of aromatic nitrogens is 1. The van der Waals surface area contributed by atoms with Crippen molar-refractivity contribution in [3.8, 4) is 5.75 Å². The zero-order valence-electron chi connectivity index (χ0n) is 8.72. The summed E-state index contributed by atoms with van der Waals surface area (Å²) < 4.78 is 13.3. The summed E-state index contributed by atoms with van der Waals surface area (Å²) in [5.41, 5.74) is 0.108. The molecule has 2 N–H and O–H groups in total. The summed E-state index contributed by atoms with van der Waals surface area (Å²) in [4.78, 5) is 15.4. The summed E-state index contributed by atoms with van der Waals surface area (Å²) in [5, 5.41) is 11.8. The van der Waals surface area contributed by atoms with Gasteiger partial charge in [-0.05, 0) is 18.2 Å². The zero-order chi connectivity index (χ0) is 12.3. The van der Waals surface area contributed by atoms with Gasteiger partial charge >= 0.3 is 0 Å². The molecule has 0 radical (unpaired) electrons. The van der Waals surface area contributed by atoms with E-state index in [0.717, 1.165) is 6.20 Å². The summed E-state index contributed by atoms with van der Waals surface area (Å²) in [7, 11) is 0. The highest BCUT2D eigenvalue weighted by Gasteiger charge is 2.12. The van der Waals surface area contributed by atoms with Crippen LogP contribution in [0, 0.1) is 5.82 Å². The Labute approximate surface area is 96.7 Å². The number of nitrogens with zero attached hydrogens (tertiary/aromatic N) is 1. The Balaban J connectivity index is 2.24. The number of hydrogen-bond acceptors (Lipinski definition) is 3. The molecule has 0 fully saturated rings. The predicted molar refractivity (Wildman–Crippen MR) is 60.3 cm³/mol. The summed E-state index contributed by atoms with van der Waals surface area (Å²) in [6, 6.07) is 7.15. The number of carbonyl (C=O) groups excluding carboxylic acids is 1. The van der Waals surface area contributed by atoms with Crippen LogP contribution in [0.3, 0.4) is 0 Å². The molecule has 2 aromatic rings. The summed E-state index contributed by atoms with van der Waals surface area (Å²) in [6.07, 6.45) is 2.52. The number of carbonyl (C=O) groups is 1. The molecule has 1 aromatic carbocycles. The second-order valence-corrected chi connectivity index (χ2v) is 3.33. The first-order valence-electron chi connectivity index (χ1n) is 4.87. The van der Waals surface area contributed by atoms with E-state index in [0.29, 0.717) is 0 Å². The van der Waals surface area contributed by atoms with E-state index in [1.807, 2.05) is 0 Å². The van der Waals surface area contributed by atoms with E-state index in [-0.39, 0.29) is 17.0 Å². The van der Waals surface area contributed by atoms with Crippen LogP contribution < -0.4 is 5.32 Å². The van der Waals surface area contributed by atoms with Crippen LogP contribution >= 0.6 is 0 Å². The molecule has 0 aliphatic heterocycles. The van der Waals surface area contributed by atoms with Crippen LogP contribution in [0.5, 0.6) is 5.75 Å². The molecule has 17 heavy (non-hydrogen) atoms. The number of aromatic hydroxyl groups is 1. The second-order valence-electron chi connectivity index (χ2n) is 3.33. The lowest BCUT2D eigenvalue weighted by Gasteiger charge is -2.06. The van der Waals surface area contributed by atoms with Crippen LogP contribution in [0.25, 0.3) is 0 Å². The number of hydrogen-bond donors (Lipinski definition) is 2. The van der Waals surface area contributed by atoms with Crippen molar-refractivity contribution in [3.63, 3.8) is 0 Å². The fourth-order valence-electron chi connectivity index (χ4n) is 1.33. The van der Waals surface area contributed by atoms with Gasteiger partial charge in [-0.3, -0.25) is 9.78 Å². The molecule has 0 saturated carbocycles. The molecular weight excluding hydrogens is 223 g/mol. The van der Waals surface area contributed by atoms with E-state index in [2.05, 4.69) is 10.3 Å². The zero-order valence-corrected chi connectivity index (χ0v) is 8.72. The fraction of sp³-hybridized carbons (Fsp3) is 0. The number of amides is 1. The maximum absolute atomic E-state index is 13.3. The number of pyridine rings is 1. The van der Waals surface area contributed by atoms with Crippen molar-refractivity contribution in [1.29, 1.82) is 0 Å². The lowest BCUT2D eigenvalue weighted by Crippen LogP contribution is -2.13. The van der Waals surface area contributed by atoms with Gasteiger partial charge in [-0.1, -0.05) is 12.1 Å².